The lowest BCUT2D eigenvalue weighted by atomic mass is 10.0. The van der Waals surface area contributed by atoms with Crippen LogP contribution < -0.4 is 5.63 Å². The van der Waals surface area contributed by atoms with Crippen molar-refractivity contribution in [2.45, 2.75) is 20.3 Å². The minimum absolute atomic E-state index is 0.108. The van der Waals surface area contributed by atoms with Crippen LogP contribution in [0.15, 0.2) is 27.4 Å². The van der Waals surface area contributed by atoms with E-state index in [1.807, 2.05) is 6.92 Å². The molecule has 0 aliphatic rings. The molecule has 0 fully saturated rings. The zero-order valence-electron chi connectivity index (χ0n) is 8.70. The van der Waals surface area contributed by atoms with E-state index in [-0.39, 0.29) is 11.4 Å². The van der Waals surface area contributed by atoms with Gasteiger partial charge in [-0.1, -0.05) is 6.92 Å². The minimum atomic E-state index is -0.329. The fraction of sp³-hybridized carbons (Fsp3) is 0.250. The smallest absolute Gasteiger partial charge is 0.339 e. The summed E-state index contributed by atoms with van der Waals surface area (Å²) in [6, 6.07) is 4.84. The van der Waals surface area contributed by atoms with E-state index in [1.54, 1.807) is 19.1 Å². The van der Waals surface area contributed by atoms with Crippen molar-refractivity contribution in [3.63, 3.8) is 0 Å². The van der Waals surface area contributed by atoms with Gasteiger partial charge in [0, 0.05) is 17.0 Å². The van der Waals surface area contributed by atoms with Gasteiger partial charge < -0.3 is 9.52 Å². The van der Waals surface area contributed by atoms with Gasteiger partial charge in [-0.15, -0.1) is 0 Å². The Morgan fingerprint density at radius 1 is 1.40 bits per heavy atom. The summed E-state index contributed by atoms with van der Waals surface area (Å²) in [6.07, 6.45) is 0.776. The molecule has 0 aliphatic heterocycles. The quantitative estimate of drug-likeness (QED) is 0.725. The molecular formula is C12H12O3. The van der Waals surface area contributed by atoms with Crippen LogP contribution in [0.4, 0.5) is 0 Å². The first kappa shape index (κ1) is 9.77. The van der Waals surface area contributed by atoms with Gasteiger partial charge in [-0.2, -0.15) is 0 Å². The molecule has 0 amide bonds. The van der Waals surface area contributed by atoms with E-state index in [2.05, 4.69) is 0 Å². The topological polar surface area (TPSA) is 50.4 Å². The standard InChI is InChI=1S/C12H12O3/c1-3-9-7(2)12(14)15-11-6-8(13)4-5-10(9)11/h4-6,13H,3H2,1-2H3. The Balaban J connectivity index is 2.94. The number of phenolic OH excluding ortho intramolecular Hbond substituents is 1. The molecule has 2 rings (SSSR count). The van der Waals surface area contributed by atoms with E-state index >= 15 is 0 Å². The highest BCUT2D eigenvalue weighted by molar-refractivity contribution is 5.82. The van der Waals surface area contributed by atoms with Crippen molar-refractivity contribution in [1.29, 1.82) is 0 Å². The Kier molecular flexibility index (Phi) is 2.23. The summed E-state index contributed by atoms with van der Waals surface area (Å²) in [5, 5.41) is 10.2. The summed E-state index contributed by atoms with van der Waals surface area (Å²) in [5.74, 6) is 0.108. The third-order valence-corrected chi connectivity index (χ3v) is 2.61. The van der Waals surface area contributed by atoms with Gasteiger partial charge in [0.25, 0.3) is 0 Å². The Bertz CT molecular complexity index is 567. The minimum Gasteiger partial charge on any atom is -0.508 e. The largest absolute Gasteiger partial charge is 0.508 e. The molecule has 1 N–H and O–H groups in total. The van der Waals surface area contributed by atoms with Crippen LogP contribution in [-0.4, -0.2) is 5.11 Å². The highest BCUT2D eigenvalue weighted by atomic mass is 16.4. The molecule has 0 radical (unpaired) electrons. The Morgan fingerprint density at radius 2 is 2.13 bits per heavy atom. The first-order valence-corrected chi connectivity index (χ1v) is 4.88. The number of aromatic hydroxyl groups is 1. The first-order chi connectivity index (χ1) is 7.13. The van der Waals surface area contributed by atoms with Gasteiger partial charge in [0.05, 0.1) is 0 Å². The van der Waals surface area contributed by atoms with Crippen molar-refractivity contribution in [2.75, 3.05) is 0 Å². The van der Waals surface area contributed by atoms with Crippen LogP contribution in [0.2, 0.25) is 0 Å². The lowest BCUT2D eigenvalue weighted by Crippen LogP contribution is -2.07. The summed E-state index contributed by atoms with van der Waals surface area (Å²) >= 11 is 0. The van der Waals surface area contributed by atoms with E-state index in [0.29, 0.717) is 11.1 Å². The zero-order valence-corrected chi connectivity index (χ0v) is 8.70. The molecule has 1 aromatic heterocycles. The summed E-state index contributed by atoms with van der Waals surface area (Å²) < 4.78 is 5.10. The molecule has 1 heterocycles. The second-order valence-electron chi connectivity index (χ2n) is 3.53. The fourth-order valence-electron chi connectivity index (χ4n) is 1.80. The lowest BCUT2D eigenvalue weighted by molar-refractivity contribution is 0.473. The second-order valence-corrected chi connectivity index (χ2v) is 3.53. The molecule has 0 unspecified atom stereocenters. The predicted octanol–water partition coefficient (Wildman–Crippen LogP) is 2.37. The van der Waals surface area contributed by atoms with E-state index in [4.69, 9.17) is 4.42 Å². The summed E-state index contributed by atoms with van der Waals surface area (Å²) in [4.78, 5) is 11.5. The van der Waals surface area contributed by atoms with Crippen LogP contribution in [0.1, 0.15) is 18.1 Å². The predicted molar refractivity (Wildman–Crippen MR) is 58.3 cm³/mol. The summed E-state index contributed by atoms with van der Waals surface area (Å²) in [5.41, 5.74) is 1.75. The van der Waals surface area contributed by atoms with E-state index in [0.717, 1.165) is 17.4 Å². The molecule has 2 aromatic rings. The van der Waals surface area contributed by atoms with Crippen LogP contribution in [0, 0.1) is 6.92 Å². The molecule has 0 saturated heterocycles. The van der Waals surface area contributed by atoms with Crippen molar-refractivity contribution in [1.82, 2.24) is 0 Å². The van der Waals surface area contributed by atoms with E-state index in [9.17, 15) is 9.90 Å². The summed E-state index contributed by atoms with van der Waals surface area (Å²) in [6.45, 7) is 3.75. The van der Waals surface area contributed by atoms with Crippen LogP contribution in [0.5, 0.6) is 5.75 Å². The molecule has 15 heavy (non-hydrogen) atoms. The molecule has 0 aliphatic carbocycles. The van der Waals surface area contributed by atoms with Crippen molar-refractivity contribution in [2.24, 2.45) is 0 Å². The van der Waals surface area contributed by atoms with Gasteiger partial charge in [-0.25, -0.2) is 4.79 Å². The molecule has 0 saturated carbocycles. The number of benzene rings is 1. The van der Waals surface area contributed by atoms with Gasteiger partial charge in [0.15, 0.2) is 0 Å². The highest BCUT2D eigenvalue weighted by Crippen LogP contribution is 2.23. The average Bonchev–Trinajstić information content (AvgIpc) is 2.20. The van der Waals surface area contributed by atoms with Crippen molar-refractivity contribution in [3.8, 4) is 5.75 Å². The number of phenols is 1. The van der Waals surface area contributed by atoms with Gasteiger partial charge >= 0.3 is 5.63 Å². The first-order valence-electron chi connectivity index (χ1n) is 4.88. The molecule has 0 spiro atoms. The Hall–Kier alpha value is -1.77. The Morgan fingerprint density at radius 3 is 2.80 bits per heavy atom. The maximum Gasteiger partial charge on any atom is 0.339 e. The SMILES string of the molecule is CCc1c(C)c(=O)oc2cc(O)ccc12. The Labute approximate surface area is 87.0 Å². The van der Waals surface area contributed by atoms with Gasteiger partial charge in [-0.3, -0.25) is 0 Å². The monoisotopic (exact) mass is 204 g/mol. The zero-order chi connectivity index (χ0) is 11.0. The number of hydrogen-bond donors (Lipinski definition) is 1. The molecule has 0 bridgehead atoms. The maximum absolute atomic E-state index is 11.5. The number of fused-ring (bicyclic) bond motifs is 1. The van der Waals surface area contributed by atoms with Gasteiger partial charge in [-0.05, 0) is 31.0 Å². The average molecular weight is 204 g/mol. The molecule has 78 valence electrons. The number of rotatable bonds is 1. The van der Waals surface area contributed by atoms with Gasteiger partial charge in [0.1, 0.15) is 11.3 Å². The number of aryl methyl sites for hydroxylation is 1. The molecule has 1 aromatic carbocycles. The maximum atomic E-state index is 11.5. The fourth-order valence-corrected chi connectivity index (χ4v) is 1.80. The molecular weight excluding hydrogens is 192 g/mol. The van der Waals surface area contributed by atoms with Crippen LogP contribution in [-0.2, 0) is 6.42 Å². The van der Waals surface area contributed by atoms with E-state index in [1.165, 1.54) is 6.07 Å². The molecule has 3 heteroatoms. The lowest BCUT2D eigenvalue weighted by Gasteiger charge is -2.06. The second kappa shape index (κ2) is 3.42. The van der Waals surface area contributed by atoms with Crippen molar-refractivity contribution in [3.05, 3.63) is 39.7 Å². The van der Waals surface area contributed by atoms with Crippen LogP contribution in [0.3, 0.4) is 0 Å². The van der Waals surface area contributed by atoms with Crippen LogP contribution >= 0.6 is 0 Å². The highest BCUT2D eigenvalue weighted by Gasteiger charge is 2.09. The van der Waals surface area contributed by atoms with Crippen LogP contribution in [0.25, 0.3) is 11.0 Å². The number of hydrogen-bond acceptors (Lipinski definition) is 3. The van der Waals surface area contributed by atoms with E-state index < -0.39 is 0 Å². The molecule has 3 nitrogen and oxygen atoms in total. The third-order valence-electron chi connectivity index (χ3n) is 2.61. The van der Waals surface area contributed by atoms with Crippen molar-refractivity contribution >= 4 is 11.0 Å². The van der Waals surface area contributed by atoms with Gasteiger partial charge in [0.2, 0.25) is 0 Å². The van der Waals surface area contributed by atoms with Crippen molar-refractivity contribution < 1.29 is 9.52 Å². The molecule has 0 atom stereocenters. The third kappa shape index (κ3) is 1.50. The summed E-state index contributed by atoms with van der Waals surface area (Å²) in [7, 11) is 0. The normalized spacial score (nSPS) is 10.8.